The summed E-state index contributed by atoms with van der Waals surface area (Å²) in [4.78, 5) is 32.5. The molecule has 0 spiro atoms. The molecule has 1 saturated heterocycles. The molecular formula is C19H22N4O2. The second kappa shape index (κ2) is 7.44. The van der Waals surface area contributed by atoms with Crippen molar-refractivity contribution >= 4 is 23.1 Å². The number of carbonyl (C=O) groups excluding carboxylic acids is 2. The van der Waals surface area contributed by atoms with Gasteiger partial charge in [0.1, 0.15) is 5.69 Å². The van der Waals surface area contributed by atoms with Crippen LogP contribution in [0.25, 0.3) is 0 Å². The van der Waals surface area contributed by atoms with Gasteiger partial charge in [0.05, 0.1) is 0 Å². The predicted octanol–water partition coefficient (Wildman–Crippen LogP) is 2.29. The van der Waals surface area contributed by atoms with E-state index in [0.29, 0.717) is 16.9 Å². The molecule has 1 amide bonds. The molecular weight excluding hydrogens is 316 g/mol. The number of pyridine rings is 1. The summed E-state index contributed by atoms with van der Waals surface area (Å²) in [5.74, 6) is -0.258. The van der Waals surface area contributed by atoms with Gasteiger partial charge in [-0.15, -0.1) is 0 Å². The molecule has 3 rings (SSSR count). The number of Topliss-reactive ketones (excluding diaryl/α,β-unsaturated/α-hetero) is 1. The van der Waals surface area contributed by atoms with E-state index in [0.717, 1.165) is 31.9 Å². The Morgan fingerprint density at radius 2 is 1.72 bits per heavy atom. The molecule has 2 heterocycles. The Kier molecular flexibility index (Phi) is 5.09. The second-order valence-corrected chi connectivity index (χ2v) is 6.28. The lowest BCUT2D eigenvalue weighted by molar-refractivity contribution is 0.101. The molecule has 0 aliphatic carbocycles. The number of likely N-dealkylation sites (N-methyl/N-ethyl adjacent to an activating group) is 1. The molecule has 1 aliphatic heterocycles. The number of hydrogen-bond donors (Lipinski definition) is 1. The topological polar surface area (TPSA) is 65.5 Å². The first-order valence-electron chi connectivity index (χ1n) is 8.35. The highest BCUT2D eigenvalue weighted by molar-refractivity contribution is 6.03. The van der Waals surface area contributed by atoms with E-state index in [-0.39, 0.29) is 11.7 Å². The van der Waals surface area contributed by atoms with Crippen LogP contribution in [0.2, 0.25) is 0 Å². The van der Waals surface area contributed by atoms with Gasteiger partial charge in [-0.25, -0.2) is 0 Å². The molecule has 1 fully saturated rings. The lowest BCUT2D eigenvalue weighted by Gasteiger charge is -2.34. The molecule has 25 heavy (non-hydrogen) atoms. The third kappa shape index (κ3) is 4.22. The average Bonchev–Trinajstić information content (AvgIpc) is 2.63. The summed E-state index contributed by atoms with van der Waals surface area (Å²) in [5.41, 5.74) is 2.65. The van der Waals surface area contributed by atoms with Crippen LogP contribution in [0, 0.1) is 0 Å². The number of aromatic nitrogens is 1. The molecule has 2 aromatic rings. The summed E-state index contributed by atoms with van der Waals surface area (Å²) in [6.07, 6.45) is 1.67. The van der Waals surface area contributed by atoms with Crippen molar-refractivity contribution in [3.05, 3.63) is 53.9 Å². The number of anilines is 2. The molecule has 130 valence electrons. The van der Waals surface area contributed by atoms with Crippen LogP contribution in [0.4, 0.5) is 11.4 Å². The summed E-state index contributed by atoms with van der Waals surface area (Å²) < 4.78 is 0. The summed E-state index contributed by atoms with van der Waals surface area (Å²) >= 11 is 0. The molecule has 0 atom stereocenters. The van der Waals surface area contributed by atoms with Crippen molar-refractivity contribution in [3.8, 4) is 0 Å². The van der Waals surface area contributed by atoms with Crippen molar-refractivity contribution in [2.24, 2.45) is 0 Å². The molecule has 0 bridgehead atoms. The Hall–Kier alpha value is -2.73. The van der Waals surface area contributed by atoms with Crippen molar-refractivity contribution in [3.63, 3.8) is 0 Å². The Balaban J connectivity index is 1.69. The van der Waals surface area contributed by atoms with Gasteiger partial charge >= 0.3 is 0 Å². The number of rotatable bonds is 4. The van der Waals surface area contributed by atoms with E-state index in [1.54, 1.807) is 30.5 Å². The van der Waals surface area contributed by atoms with Crippen LogP contribution >= 0.6 is 0 Å². The standard InChI is InChI=1S/C19H22N4O2/c1-14(24)15-3-5-16(6-4-15)21-19(25)18-13-17(7-8-20-18)23-11-9-22(2)10-12-23/h3-8,13H,9-12H2,1-2H3,(H,21,25). The normalized spacial score (nSPS) is 15.0. The molecule has 6 nitrogen and oxygen atoms in total. The highest BCUT2D eigenvalue weighted by Gasteiger charge is 2.16. The van der Waals surface area contributed by atoms with Crippen molar-refractivity contribution in [2.45, 2.75) is 6.92 Å². The van der Waals surface area contributed by atoms with Gasteiger partial charge in [0.15, 0.2) is 5.78 Å². The number of piperazine rings is 1. The van der Waals surface area contributed by atoms with E-state index < -0.39 is 0 Å². The van der Waals surface area contributed by atoms with Crippen LogP contribution in [0.3, 0.4) is 0 Å². The first-order valence-corrected chi connectivity index (χ1v) is 8.35. The minimum Gasteiger partial charge on any atom is -0.369 e. The van der Waals surface area contributed by atoms with Gasteiger partial charge in [0.2, 0.25) is 0 Å². The fourth-order valence-electron chi connectivity index (χ4n) is 2.79. The Labute approximate surface area is 147 Å². The SMILES string of the molecule is CC(=O)c1ccc(NC(=O)c2cc(N3CCN(C)CC3)ccn2)cc1. The lowest BCUT2D eigenvalue weighted by atomic mass is 10.1. The minimum atomic E-state index is -0.258. The van der Waals surface area contributed by atoms with Gasteiger partial charge in [-0.1, -0.05) is 0 Å². The van der Waals surface area contributed by atoms with Crippen LogP contribution in [-0.4, -0.2) is 54.8 Å². The zero-order chi connectivity index (χ0) is 17.8. The number of carbonyl (C=O) groups is 2. The number of ketones is 1. The fraction of sp³-hybridized carbons (Fsp3) is 0.316. The summed E-state index contributed by atoms with van der Waals surface area (Å²) in [6, 6.07) is 10.6. The molecule has 1 N–H and O–H groups in total. The zero-order valence-electron chi connectivity index (χ0n) is 14.5. The average molecular weight is 338 g/mol. The molecule has 1 aromatic heterocycles. The van der Waals surface area contributed by atoms with E-state index in [4.69, 9.17) is 0 Å². The van der Waals surface area contributed by atoms with Gasteiger partial charge in [-0.3, -0.25) is 14.6 Å². The van der Waals surface area contributed by atoms with Gasteiger partial charge in [-0.2, -0.15) is 0 Å². The minimum absolute atomic E-state index is 0.000536. The molecule has 0 saturated carbocycles. The van der Waals surface area contributed by atoms with Crippen molar-refractivity contribution in [1.29, 1.82) is 0 Å². The van der Waals surface area contributed by atoms with Crippen molar-refractivity contribution < 1.29 is 9.59 Å². The largest absolute Gasteiger partial charge is 0.369 e. The molecule has 0 unspecified atom stereocenters. The lowest BCUT2D eigenvalue weighted by Crippen LogP contribution is -2.44. The summed E-state index contributed by atoms with van der Waals surface area (Å²) in [7, 11) is 2.11. The Morgan fingerprint density at radius 1 is 1.04 bits per heavy atom. The first kappa shape index (κ1) is 17.1. The van der Waals surface area contributed by atoms with Crippen molar-refractivity contribution in [2.75, 3.05) is 43.4 Å². The number of benzene rings is 1. The smallest absolute Gasteiger partial charge is 0.274 e. The van der Waals surface area contributed by atoms with Crippen LogP contribution < -0.4 is 10.2 Å². The monoisotopic (exact) mass is 338 g/mol. The Bertz CT molecular complexity index is 765. The third-order valence-electron chi connectivity index (χ3n) is 4.39. The van der Waals surface area contributed by atoms with Crippen LogP contribution in [-0.2, 0) is 0 Å². The maximum atomic E-state index is 12.5. The Morgan fingerprint density at radius 3 is 2.36 bits per heavy atom. The van der Waals surface area contributed by atoms with Crippen LogP contribution in [0.1, 0.15) is 27.8 Å². The van der Waals surface area contributed by atoms with E-state index in [1.165, 1.54) is 6.92 Å². The molecule has 0 radical (unpaired) electrons. The quantitative estimate of drug-likeness (QED) is 0.867. The van der Waals surface area contributed by atoms with E-state index >= 15 is 0 Å². The summed E-state index contributed by atoms with van der Waals surface area (Å²) in [6.45, 7) is 5.40. The molecule has 6 heteroatoms. The molecule has 1 aromatic carbocycles. The van der Waals surface area contributed by atoms with E-state index in [9.17, 15) is 9.59 Å². The van der Waals surface area contributed by atoms with E-state index in [1.807, 2.05) is 12.1 Å². The predicted molar refractivity (Wildman–Crippen MR) is 98.3 cm³/mol. The van der Waals surface area contributed by atoms with Crippen LogP contribution in [0.5, 0.6) is 0 Å². The highest BCUT2D eigenvalue weighted by atomic mass is 16.2. The number of hydrogen-bond acceptors (Lipinski definition) is 5. The van der Waals surface area contributed by atoms with E-state index in [2.05, 4.69) is 27.1 Å². The maximum Gasteiger partial charge on any atom is 0.274 e. The van der Waals surface area contributed by atoms with Crippen molar-refractivity contribution in [1.82, 2.24) is 9.88 Å². The zero-order valence-corrected chi connectivity index (χ0v) is 14.5. The van der Waals surface area contributed by atoms with Gasteiger partial charge in [-0.05, 0) is 50.4 Å². The van der Waals surface area contributed by atoms with Crippen LogP contribution in [0.15, 0.2) is 42.6 Å². The van der Waals surface area contributed by atoms with Gasteiger partial charge in [0.25, 0.3) is 5.91 Å². The molecule has 1 aliphatic rings. The number of nitrogens with one attached hydrogen (secondary N) is 1. The summed E-state index contributed by atoms with van der Waals surface area (Å²) in [5, 5.41) is 2.82. The number of amides is 1. The van der Waals surface area contributed by atoms with Gasteiger partial charge in [0, 0.05) is 49.3 Å². The highest BCUT2D eigenvalue weighted by Crippen LogP contribution is 2.18. The maximum absolute atomic E-state index is 12.5. The van der Waals surface area contributed by atoms with Gasteiger partial charge < -0.3 is 15.1 Å². The first-order chi connectivity index (χ1) is 12.0. The number of nitrogens with zero attached hydrogens (tertiary/aromatic N) is 3. The third-order valence-corrected chi connectivity index (χ3v) is 4.39. The second-order valence-electron chi connectivity index (χ2n) is 6.28. The fourth-order valence-corrected chi connectivity index (χ4v) is 2.79.